The zero-order chi connectivity index (χ0) is 17.5. The van der Waals surface area contributed by atoms with Crippen molar-refractivity contribution < 1.29 is 27.5 Å². The highest BCUT2D eigenvalue weighted by molar-refractivity contribution is 7.89. The summed E-state index contributed by atoms with van der Waals surface area (Å²) in [5.41, 5.74) is -1.26. The molecule has 9 heteroatoms. The van der Waals surface area contributed by atoms with Crippen molar-refractivity contribution in [1.29, 1.82) is 0 Å². The Morgan fingerprint density at radius 3 is 2.71 bits per heavy atom. The second-order valence-corrected chi connectivity index (χ2v) is 7.66. The number of carbonyl (C=O) groups excluding carboxylic acids is 2. The van der Waals surface area contributed by atoms with E-state index in [1.165, 1.54) is 13.1 Å². The van der Waals surface area contributed by atoms with Gasteiger partial charge in [0.1, 0.15) is 0 Å². The second-order valence-electron chi connectivity index (χ2n) is 5.65. The molecule has 2 aliphatic rings. The van der Waals surface area contributed by atoms with Crippen molar-refractivity contribution >= 4 is 21.8 Å². The average molecular weight is 352 g/mol. The van der Waals surface area contributed by atoms with Crippen molar-refractivity contribution in [2.45, 2.75) is 25.9 Å². The first-order valence-corrected chi connectivity index (χ1v) is 8.95. The Morgan fingerprint density at radius 2 is 2.17 bits per heavy atom. The third kappa shape index (κ3) is 2.54. The molecule has 1 unspecified atom stereocenters. The lowest BCUT2D eigenvalue weighted by molar-refractivity contribution is -0.142. The minimum atomic E-state index is -3.61. The van der Waals surface area contributed by atoms with E-state index in [9.17, 15) is 18.0 Å². The number of ether oxygens (including phenoxy) is 2. The third-order valence-corrected chi connectivity index (χ3v) is 5.68. The molecule has 8 nitrogen and oxygen atoms in total. The topological polar surface area (TPSA) is 103 Å². The maximum Gasteiger partial charge on any atom is 0.308 e. The fourth-order valence-electron chi connectivity index (χ4n) is 2.68. The highest BCUT2D eigenvalue weighted by Gasteiger charge is 2.53. The molecule has 0 aliphatic carbocycles. The lowest BCUT2D eigenvalue weighted by Gasteiger charge is -2.25. The summed E-state index contributed by atoms with van der Waals surface area (Å²) in [6, 6.07) is 4.95. The van der Waals surface area contributed by atoms with Gasteiger partial charge in [-0.25, -0.2) is 12.7 Å². The molecule has 1 aromatic heterocycles. The first-order chi connectivity index (χ1) is 11.3. The van der Waals surface area contributed by atoms with E-state index in [-0.39, 0.29) is 18.2 Å². The summed E-state index contributed by atoms with van der Waals surface area (Å²) in [4.78, 5) is 28.3. The van der Waals surface area contributed by atoms with E-state index in [0.29, 0.717) is 12.1 Å². The molecule has 0 aromatic carbocycles. The molecule has 0 N–H and O–H groups in total. The molecule has 24 heavy (non-hydrogen) atoms. The maximum atomic E-state index is 12.8. The van der Waals surface area contributed by atoms with E-state index in [1.54, 1.807) is 18.2 Å². The molecule has 0 bridgehead atoms. The van der Waals surface area contributed by atoms with Gasteiger partial charge in [0, 0.05) is 19.7 Å². The molecular weight excluding hydrogens is 336 g/mol. The number of Topliss-reactive ketones (excluding diaryl/α,β-unsaturated/α-hetero) is 1. The monoisotopic (exact) mass is 352 g/mol. The van der Waals surface area contributed by atoms with Gasteiger partial charge in [0.25, 0.3) is 11.7 Å². The number of carbonyl (C=O) groups is 2. The van der Waals surface area contributed by atoms with E-state index >= 15 is 0 Å². The van der Waals surface area contributed by atoms with Crippen LogP contribution in [-0.2, 0) is 34.7 Å². The quantitative estimate of drug-likeness (QED) is 0.736. The number of rotatable bonds is 3. The summed E-state index contributed by atoms with van der Waals surface area (Å²) in [5, 5.41) is 0. The van der Waals surface area contributed by atoms with E-state index in [0.717, 1.165) is 11.2 Å². The number of nitrogens with zero attached hydrogens (tertiary/aromatic N) is 2. The van der Waals surface area contributed by atoms with Crippen LogP contribution in [0.2, 0.25) is 0 Å². The SMILES string of the molecule is CC(=O)OC1=C(N2CCCS2(=O)=O)OC(C)(c2ccccn2)C1=O. The van der Waals surface area contributed by atoms with Crippen LogP contribution in [0.3, 0.4) is 0 Å². The molecule has 3 rings (SSSR count). The second kappa shape index (κ2) is 5.59. The molecule has 0 amide bonds. The Hall–Kier alpha value is -2.42. The van der Waals surface area contributed by atoms with Crippen molar-refractivity contribution in [3.63, 3.8) is 0 Å². The summed E-state index contributed by atoms with van der Waals surface area (Å²) in [5.74, 6) is -2.08. The molecule has 0 radical (unpaired) electrons. The van der Waals surface area contributed by atoms with E-state index in [4.69, 9.17) is 9.47 Å². The van der Waals surface area contributed by atoms with Gasteiger partial charge in [-0.15, -0.1) is 0 Å². The van der Waals surface area contributed by atoms with Crippen LogP contribution in [0.15, 0.2) is 36.0 Å². The number of aromatic nitrogens is 1. The Bertz CT molecular complexity index is 833. The summed E-state index contributed by atoms with van der Waals surface area (Å²) < 4.78 is 36.0. The van der Waals surface area contributed by atoms with Gasteiger partial charge >= 0.3 is 5.97 Å². The van der Waals surface area contributed by atoms with Gasteiger partial charge in [-0.3, -0.25) is 14.6 Å². The van der Waals surface area contributed by atoms with Crippen LogP contribution in [0.1, 0.15) is 26.0 Å². The van der Waals surface area contributed by atoms with Crippen LogP contribution in [0, 0.1) is 0 Å². The fourth-order valence-corrected chi connectivity index (χ4v) is 4.17. The number of hydrogen-bond donors (Lipinski definition) is 0. The van der Waals surface area contributed by atoms with Crippen molar-refractivity contribution in [1.82, 2.24) is 9.29 Å². The first-order valence-electron chi connectivity index (χ1n) is 7.34. The number of hydrogen-bond acceptors (Lipinski definition) is 7. The number of sulfonamides is 1. The van der Waals surface area contributed by atoms with Gasteiger partial charge in [-0.05, 0) is 25.5 Å². The summed E-state index contributed by atoms with van der Waals surface area (Å²) in [7, 11) is -3.61. The number of pyridine rings is 1. The summed E-state index contributed by atoms with van der Waals surface area (Å²) in [6.07, 6.45) is 1.89. The number of ketones is 1. The zero-order valence-corrected chi connectivity index (χ0v) is 14.0. The van der Waals surface area contributed by atoms with E-state index in [2.05, 4.69) is 4.98 Å². The van der Waals surface area contributed by atoms with Gasteiger partial charge in [-0.1, -0.05) is 6.07 Å². The molecule has 0 spiro atoms. The minimum absolute atomic E-state index is 0.0539. The summed E-state index contributed by atoms with van der Waals surface area (Å²) >= 11 is 0. The van der Waals surface area contributed by atoms with Crippen molar-refractivity contribution in [2.24, 2.45) is 0 Å². The molecule has 1 aromatic rings. The molecule has 1 atom stereocenters. The van der Waals surface area contributed by atoms with Crippen molar-refractivity contribution in [3.05, 3.63) is 41.7 Å². The van der Waals surface area contributed by atoms with Crippen LogP contribution in [0.5, 0.6) is 0 Å². The molecule has 0 saturated carbocycles. The average Bonchev–Trinajstić information content (AvgIpc) is 3.00. The van der Waals surface area contributed by atoms with Gasteiger partial charge in [0.05, 0.1) is 11.4 Å². The minimum Gasteiger partial charge on any atom is -0.454 e. The van der Waals surface area contributed by atoms with Crippen molar-refractivity contribution in [3.8, 4) is 0 Å². The maximum absolute atomic E-state index is 12.8. The molecular formula is C15H16N2O6S. The first kappa shape index (κ1) is 16.4. The van der Waals surface area contributed by atoms with Crippen LogP contribution in [0.25, 0.3) is 0 Å². The predicted octanol–water partition coefficient (Wildman–Crippen LogP) is 0.664. The largest absolute Gasteiger partial charge is 0.454 e. The van der Waals surface area contributed by atoms with Gasteiger partial charge < -0.3 is 9.47 Å². The molecule has 128 valence electrons. The highest BCUT2D eigenvalue weighted by Crippen LogP contribution is 2.41. The fraction of sp³-hybridized carbons (Fsp3) is 0.400. The normalized spacial score (nSPS) is 25.8. The number of esters is 1. The Kier molecular flexibility index (Phi) is 3.83. The Balaban J connectivity index is 2.08. The van der Waals surface area contributed by atoms with Crippen LogP contribution < -0.4 is 0 Å². The van der Waals surface area contributed by atoms with Crippen LogP contribution in [-0.4, -0.2) is 41.8 Å². The molecule has 1 fully saturated rings. The lowest BCUT2D eigenvalue weighted by Crippen LogP contribution is -2.33. The smallest absolute Gasteiger partial charge is 0.308 e. The summed E-state index contributed by atoms with van der Waals surface area (Å²) in [6.45, 7) is 2.76. The predicted molar refractivity (Wildman–Crippen MR) is 81.6 cm³/mol. The molecule has 1 saturated heterocycles. The highest BCUT2D eigenvalue weighted by atomic mass is 32.2. The zero-order valence-electron chi connectivity index (χ0n) is 13.2. The Labute approximate surface area is 139 Å². The van der Waals surface area contributed by atoms with Gasteiger partial charge in [0.2, 0.25) is 21.4 Å². The molecule has 3 heterocycles. The van der Waals surface area contributed by atoms with Gasteiger partial charge in [-0.2, -0.15) is 0 Å². The van der Waals surface area contributed by atoms with Crippen molar-refractivity contribution in [2.75, 3.05) is 12.3 Å². The van der Waals surface area contributed by atoms with E-state index in [1.807, 2.05) is 0 Å². The lowest BCUT2D eigenvalue weighted by atomic mass is 9.96. The molecule has 2 aliphatic heterocycles. The van der Waals surface area contributed by atoms with Gasteiger partial charge in [0.15, 0.2) is 0 Å². The standard InChI is InChI=1S/C15H16N2O6S/c1-10(18)22-12-13(19)15(2,11-6-3-4-7-16-11)23-14(12)17-8-5-9-24(17,20)21/h3-4,6-7H,5,8-9H2,1-2H3. The Morgan fingerprint density at radius 1 is 1.42 bits per heavy atom. The van der Waals surface area contributed by atoms with Crippen LogP contribution in [0.4, 0.5) is 0 Å². The van der Waals surface area contributed by atoms with E-state index < -0.39 is 33.1 Å². The third-order valence-electron chi connectivity index (χ3n) is 3.86. The van der Waals surface area contributed by atoms with Crippen LogP contribution >= 0.6 is 0 Å².